The predicted octanol–water partition coefficient (Wildman–Crippen LogP) is 3.73. The molecule has 1 fully saturated rings. The number of hydrogen-bond acceptors (Lipinski definition) is 3. The molecule has 0 bridgehead atoms. The zero-order valence-corrected chi connectivity index (χ0v) is 16.6. The van der Waals surface area contributed by atoms with E-state index >= 15 is 0 Å². The van der Waals surface area contributed by atoms with Crippen LogP contribution in [-0.2, 0) is 14.2 Å². The van der Waals surface area contributed by atoms with Crippen LogP contribution < -0.4 is 4.46 Å². The van der Waals surface area contributed by atoms with E-state index < -0.39 is 5.79 Å². The van der Waals surface area contributed by atoms with Crippen molar-refractivity contribution < 1.29 is 14.2 Å². The molecule has 0 aliphatic carbocycles. The number of benzene rings is 2. The summed E-state index contributed by atoms with van der Waals surface area (Å²) in [5.41, 5.74) is 1.20. The van der Waals surface area contributed by atoms with E-state index in [4.69, 9.17) is 14.2 Å². The van der Waals surface area contributed by atoms with Gasteiger partial charge in [-0.1, -0.05) is 0 Å². The molecule has 2 aromatic rings. The molecule has 0 N–H and O–H groups in total. The molecule has 4 heteroatoms. The molecule has 1 aliphatic heterocycles. The first-order chi connectivity index (χ1) is 12.3. The Morgan fingerprint density at radius 2 is 1.68 bits per heavy atom. The fraction of sp³-hybridized carbons (Fsp3) is 0.429. The van der Waals surface area contributed by atoms with Crippen molar-refractivity contribution in [2.24, 2.45) is 0 Å². The second kappa shape index (κ2) is 8.97. The van der Waals surface area contributed by atoms with Gasteiger partial charge in [0.2, 0.25) is 0 Å². The summed E-state index contributed by atoms with van der Waals surface area (Å²) in [5.74, 6) is -0.652. The minimum atomic E-state index is -0.652. The van der Waals surface area contributed by atoms with Crippen LogP contribution in [0.3, 0.4) is 0 Å². The molecule has 0 aromatic heterocycles. The Kier molecular flexibility index (Phi) is 6.69. The van der Waals surface area contributed by atoms with Crippen molar-refractivity contribution in [3.63, 3.8) is 0 Å². The Morgan fingerprint density at radius 1 is 1.00 bits per heavy atom. The van der Waals surface area contributed by atoms with Gasteiger partial charge in [0.05, 0.1) is 0 Å². The van der Waals surface area contributed by atoms with E-state index in [1.807, 2.05) is 19.9 Å². The first-order valence-corrected chi connectivity index (χ1v) is 11.0. The van der Waals surface area contributed by atoms with E-state index in [0.717, 1.165) is 11.7 Å². The molecule has 0 unspecified atom stereocenters. The van der Waals surface area contributed by atoms with Gasteiger partial charge in [-0.3, -0.25) is 0 Å². The monoisotopic (exact) mass is 406 g/mol. The third-order valence-electron chi connectivity index (χ3n) is 4.37. The Bertz CT molecular complexity index is 634. The fourth-order valence-corrected chi connectivity index (χ4v) is 5.46. The number of ether oxygens (including phenoxy) is 3. The van der Waals surface area contributed by atoms with E-state index in [9.17, 15) is 0 Å². The van der Waals surface area contributed by atoms with Crippen LogP contribution in [0.5, 0.6) is 0 Å². The molecule has 25 heavy (non-hydrogen) atoms. The molecule has 0 spiro atoms. The zero-order chi connectivity index (χ0) is 17.5. The van der Waals surface area contributed by atoms with Crippen molar-refractivity contribution in [1.82, 2.24) is 0 Å². The Labute approximate surface area is 156 Å². The minimum absolute atomic E-state index is 0.0240. The van der Waals surface area contributed by atoms with E-state index in [1.165, 1.54) is 10.0 Å². The summed E-state index contributed by atoms with van der Waals surface area (Å²) in [6.45, 7) is 5.35. The van der Waals surface area contributed by atoms with Gasteiger partial charge >= 0.3 is 157 Å². The van der Waals surface area contributed by atoms with Crippen molar-refractivity contribution in [3.8, 4) is 0 Å². The molecule has 3 nitrogen and oxygen atoms in total. The van der Waals surface area contributed by atoms with Gasteiger partial charge in [-0.2, -0.15) is 0 Å². The van der Waals surface area contributed by atoms with E-state index in [1.54, 1.807) is 0 Å². The first-order valence-electron chi connectivity index (χ1n) is 8.93. The maximum absolute atomic E-state index is 6.53. The summed E-state index contributed by atoms with van der Waals surface area (Å²) in [7, 11) is 0. The van der Waals surface area contributed by atoms with E-state index in [2.05, 4.69) is 54.6 Å². The summed E-state index contributed by atoms with van der Waals surface area (Å²) in [4.78, 5) is 0. The molecule has 2 aromatic carbocycles. The van der Waals surface area contributed by atoms with Crippen molar-refractivity contribution >= 4 is 19.4 Å². The summed E-state index contributed by atoms with van der Waals surface area (Å²) in [6, 6.07) is 21.0. The molecule has 1 saturated heterocycles. The van der Waals surface area contributed by atoms with Gasteiger partial charge in [0, 0.05) is 0 Å². The van der Waals surface area contributed by atoms with Gasteiger partial charge < -0.3 is 0 Å². The quantitative estimate of drug-likeness (QED) is 0.627. The molecule has 1 aliphatic rings. The average Bonchev–Trinajstić information content (AvgIpc) is 3.01. The molecule has 0 radical (unpaired) electrons. The van der Waals surface area contributed by atoms with Crippen LogP contribution in [0.1, 0.15) is 31.9 Å². The van der Waals surface area contributed by atoms with E-state index in [0.29, 0.717) is 13.2 Å². The molecule has 134 valence electrons. The number of hydrogen-bond donors (Lipinski definition) is 0. The van der Waals surface area contributed by atoms with Crippen molar-refractivity contribution in [1.29, 1.82) is 0 Å². The van der Waals surface area contributed by atoms with Crippen molar-refractivity contribution in [2.45, 2.75) is 43.6 Å². The average molecular weight is 405 g/mol. The summed E-state index contributed by atoms with van der Waals surface area (Å²) >= 11 is 0.275. The molecule has 3 rings (SSSR count). The Morgan fingerprint density at radius 3 is 2.32 bits per heavy atom. The zero-order valence-electron chi connectivity index (χ0n) is 14.9. The Balaban J connectivity index is 1.80. The Hall–Kier alpha value is -1.16. The van der Waals surface area contributed by atoms with Gasteiger partial charge in [0.25, 0.3) is 0 Å². The predicted molar refractivity (Wildman–Crippen MR) is 101 cm³/mol. The van der Waals surface area contributed by atoms with Crippen LogP contribution >= 0.6 is 0 Å². The summed E-state index contributed by atoms with van der Waals surface area (Å²) < 4.78 is 20.2. The van der Waals surface area contributed by atoms with Crippen LogP contribution in [0.4, 0.5) is 0 Å². The maximum atomic E-state index is 6.53. The van der Waals surface area contributed by atoms with E-state index in [-0.39, 0.29) is 27.2 Å². The van der Waals surface area contributed by atoms with Crippen molar-refractivity contribution in [3.05, 3.63) is 66.2 Å². The van der Waals surface area contributed by atoms with Crippen LogP contribution in [0.25, 0.3) is 0 Å². The van der Waals surface area contributed by atoms with Crippen LogP contribution in [0.15, 0.2) is 60.7 Å². The second-order valence-corrected chi connectivity index (χ2v) is 8.24. The van der Waals surface area contributed by atoms with Gasteiger partial charge in [-0.05, 0) is 0 Å². The molecule has 3 atom stereocenters. The van der Waals surface area contributed by atoms with Gasteiger partial charge in [0.1, 0.15) is 0 Å². The number of rotatable bonds is 8. The molecular formula is C21H26O3Se. The first kappa shape index (κ1) is 18.6. The van der Waals surface area contributed by atoms with Crippen LogP contribution in [0, 0.1) is 0 Å². The molecule has 0 amide bonds. The van der Waals surface area contributed by atoms with Crippen LogP contribution in [-0.4, -0.2) is 40.1 Å². The van der Waals surface area contributed by atoms with Crippen LogP contribution in [0.2, 0.25) is 5.32 Å². The van der Waals surface area contributed by atoms with Gasteiger partial charge in [-0.25, -0.2) is 0 Å². The van der Waals surface area contributed by atoms with Gasteiger partial charge in [0.15, 0.2) is 0 Å². The fourth-order valence-electron chi connectivity index (χ4n) is 3.25. The SMILES string of the molecule is CCO[C@H]1C[C@@H](c2ccccc2)O[C@@]1(C[Se]c1ccccc1)OCC. The standard InChI is InChI=1S/C21H26O3Se/c1-3-22-20-15-19(17-11-7-5-8-12-17)24-21(20,23-4-2)16-25-18-13-9-6-10-14-18/h5-14,19-20H,3-4,15-16H2,1-2H3/t19-,20-,21+/m0/s1. The summed E-state index contributed by atoms with van der Waals surface area (Å²) in [6.07, 6.45) is 0.826. The second-order valence-electron chi connectivity index (χ2n) is 6.04. The molecule has 0 saturated carbocycles. The topological polar surface area (TPSA) is 27.7 Å². The summed E-state index contributed by atoms with van der Waals surface area (Å²) in [5, 5.41) is 0.853. The van der Waals surface area contributed by atoms with Gasteiger partial charge in [-0.15, -0.1) is 0 Å². The third-order valence-corrected chi connectivity index (χ3v) is 6.79. The molecular weight excluding hydrogens is 379 g/mol. The molecule has 1 heterocycles. The van der Waals surface area contributed by atoms with Crippen molar-refractivity contribution in [2.75, 3.05) is 13.2 Å². The third kappa shape index (κ3) is 4.52. The normalized spacial score (nSPS) is 26.0.